The molecule has 1 aromatic rings. The van der Waals surface area contributed by atoms with E-state index in [1.165, 1.54) is 5.56 Å². The number of amides is 1. The fraction of sp³-hybridized carbons (Fsp3) is 0.619. The molecule has 158 valence electrons. The summed E-state index contributed by atoms with van der Waals surface area (Å²) < 4.78 is 6.06. The summed E-state index contributed by atoms with van der Waals surface area (Å²) in [4.78, 5) is 16.3. The number of benzene rings is 1. The van der Waals surface area contributed by atoms with Crippen molar-refractivity contribution in [1.29, 1.82) is 0 Å². The maximum atomic E-state index is 11.7. The largest absolute Gasteiger partial charge is 0.490 e. The van der Waals surface area contributed by atoms with E-state index in [2.05, 4.69) is 59.9 Å². The number of hydrogen-bond acceptors (Lipinski definition) is 3. The summed E-state index contributed by atoms with van der Waals surface area (Å²) >= 11 is 0. The molecular weight excluding hydrogens is 467 g/mol. The second-order valence-corrected chi connectivity index (χ2v) is 7.14. The highest BCUT2D eigenvalue weighted by Crippen LogP contribution is 2.28. The highest BCUT2D eigenvalue weighted by atomic mass is 127. The standard InChI is InChI=1S/C21H34N4O2.HI/c1-5-16(4)27-19-13-15(3)7-8-18(19)14-25-21(22-6-2)24-12-11-23-20(26)17-9-10-17;/h7-8,13,16-17H,5-6,9-12,14H2,1-4H3,(H,23,26)(H2,22,24,25);1H. The lowest BCUT2D eigenvalue weighted by Crippen LogP contribution is -2.41. The van der Waals surface area contributed by atoms with Gasteiger partial charge in [-0.15, -0.1) is 24.0 Å². The molecule has 0 heterocycles. The fourth-order valence-electron chi connectivity index (χ4n) is 2.56. The van der Waals surface area contributed by atoms with Crippen LogP contribution in [0.3, 0.4) is 0 Å². The van der Waals surface area contributed by atoms with E-state index in [-0.39, 0.29) is 41.9 Å². The van der Waals surface area contributed by atoms with E-state index in [1.54, 1.807) is 0 Å². The van der Waals surface area contributed by atoms with Crippen molar-refractivity contribution in [1.82, 2.24) is 16.0 Å². The third-order valence-corrected chi connectivity index (χ3v) is 4.54. The first-order valence-electron chi connectivity index (χ1n) is 10.1. The zero-order valence-corrected chi connectivity index (χ0v) is 19.8. The molecule has 1 fully saturated rings. The van der Waals surface area contributed by atoms with Gasteiger partial charge in [-0.3, -0.25) is 4.79 Å². The summed E-state index contributed by atoms with van der Waals surface area (Å²) in [5.41, 5.74) is 2.25. The van der Waals surface area contributed by atoms with Gasteiger partial charge in [0.2, 0.25) is 5.91 Å². The Bertz CT molecular complexity index is 647. The Hall–Kier alpha value is -1.51. The van der Waals surface area contributed by atoms with Gasteiger partial charge in [-0.1, -0.05) is 19.1 Å². The van der Waals surface area contributed by atoms with Crippen LogP contribution in [-0.2, 0) is 11.3 Å². The van der Waals surface area contributed by atoms with Gasteiger partial charge in [-0.05, 0) is 51.7 Å². The van der Waals surface area contributed by atoms with E-state index < -0.39 is 0 Å². The van der Waals surface area contributed by atoms with Crippen molar-refractivity contribution >= 4 is 35.8 Å². The molecule has 3 N–H and O–H groups in total. The Morgan fingerprint density at radius 1 is 1.21 bits per heavy atom. The van der Waals surface area contributed by atoms with Gasteiger partial charge in [0.15, 0.2) is 5.96 Å². The van der Waals surface area contributed by atoms with Gasteiger partial charge in [0.1, 0.15) is 5.75 Å². The maximum Gasteiger partial charge on any atom is 0.223 e. The van der Waals surface area contributed by atoms with Crippen LogP contribution in [0.4, 0.5) is 0 Å². The van der Waals surface area contributed by atoms with Crippen LogP contribution in [0.5, 0.6) is 5.75 Å². The molecule has 6 nitrogen and oxygen atoms in total. The van der Waals surface area contributed by atoms with Gasteiger partial charge in [0.05, 0.1) is 12.6 Å². The van der Waals surface area contributed by atoms with E-state index in [0.717, 1.165) is 43.1 Å². The van der Waals surface area contributed by atoms with E-state index in [9.17, 15) is 4.79 Å². The molecule has 2 rings (SSSR count). The minimum Gasteiger partial charge on any atom is -0.490 e. The molecule has 1 unspecified atom stereocenters. The highest BCUT2D eigenvalue weighted by Gasteiger charge is 2.28. The van der Waals surface area contributed by atoms with Crippen LogP contribution in [0.2, 0.25) is 0 Å². The predicted octanol–water partition coefficient (Wildman–Crippen LogP) is 3.37. The third kappa shape index (κ3) is 8.67. The zero-order chi connectivity index (χ0) is 19.6. The van der Waals surface area contributed by atoms with Crippen LogP contribution in [0.15, 0.2) is 23.2 Å². The van der Waals surface area contributed by atoms with Crippen LogP contribution < -0.4 is 20.7 Å². The first-order chi connectivity index (χ1) is 13.0. The van der Waals surface area contributed by atoms with Gasteiger partial charge >= 0.3 is 0 Å². The Kier molecular flexibility index (Phi) is 11.3. The number of carbonyl (C=O) groups is 1. The van der Waals surface area contributed by atoms with Gasteiger partial charge < -0.3 is 20.7 Å². The van der Waals surface area contributed by atoms with Crippen LogP contribution in [0, 0.1) is 12.8 Å². The lowest BCUT2D eigenvalue weighted by Gasteiger charge is -2.17. The number of aryl methyl sites for hydroxylation is 1. The third-order valence-electron chi connectivity index (χ3n) is 4.54. The Morgan fingerprint density at radius 3 is 2.57 bits per heavy atom. The summed E-state index contributed by atoms with van der Waals surface area (Å²) in [5, 5.41) is 9.47. The molecule has 1 amide bonds. The average Bonchev–Trinajstić information content (AvgIpc) is 3.49. The number of halogens is 1. The van der Waals surface area contributed by atoms with Crippen LogP contribution in [0.1, 0.15) is 51.2 Å². The van der Waals surface area contributed by atoms with Crippen molar-refractivity contribution in [3.63, 3.8) is 0 Å². The minimum atomic E-state index is 0. The number of hydrogen-bond donors (Lipinski definition) is 3. The quantitative estimate of drug-likeness (QED) is 0.199. The number of ether oxygens (including phenoxy) is 1. The smallest absolute Gasteiger partial charge is 0.223 e. The van der Waals surface area contributed by atoms with Crippen molar-refractivity contribution in [3.8, 4) is 5.75 Å². The SMILES string of the molecule is CCNC(=NCc1ccc(C)cc1OC(C)CC)NCCNC(=O)C1CC1.I. The number of carbonyl (C=O) groups excluding carboxylic acids is 1. The molecule has 0 aromatic heterocycles. The first-order valence-corrected chi connectivity index (χ1v) is 10.1. The number of rotatable bonds is 10. The molecule has 1 aliphatic rings. The van der Waals surface area contributed by atoms with Crippen molar-refractivity contribution in [2.75, 3.05) is 19.6 Å². The molecule has 0 aliphatic heterocycles. The molecule has 0 radical (unpaired) electrons. The minimum absolute atomic E-state index is 0. The summed E-state index contributed by atoms with van der Waals surface area (Å²) in [6.07, 6.45) is 3.20. The number of nitrogens with one attached hydrogen (secondary N) is 3. The Morgan fingerprint density at radius 2 is 1.93 bits per heavy atom. The molecule has 1 aliphatic carbocycles. The molecule has 0 bridgehead atoms. The Labute approximate surface area is 186 Å². The molecule has 1 aromatic carbocycles. The van der Waals surface area contributed by atoms with Crippen molar-refractivity contribution in [2.24, 2.45) is 10.9 Å². The second kappa shape index (κ2) is 12.9. The molecule has 28 heavy (non-hydrogen) atoms. The zero-order valence-electron chi connectivity index (χ0n) is 17.5. The normalized spacial score (nSPS) is 14.6. The highest BCUT2D eigenvalue weighted by molar-refractivity contribution is 14.0. The lowest BCUT2D eigenvalue weighted by atomic mass is 10.1. The topological polar surface area (TPSA) is 74.8 Å². The summed E-state index contributed by atoms with van der Waals surface area (Å²) in [7, 11) is 0. The van der Waals surface area contributed by atoms with Gasteiger partial charge in [0, 0.05) is 31.1 Å². The van der Waals surface area contributed by atoms with E-state index >= 15 is 0 Å². The van der Waals surface area contributed by atoms with Crippen molar-refractivity contribution < 1.29 is 9.53 Å². The van der Waals surface area contributed by atoms with Crippen molar-refractivity contribution in [2.45, 2.75) is 59.6 Å². The van der Waals surface area contributed by atoms with E-state index in [4.69, 9.17) is 4.74 Å². The monoisotopic (exact) mass is 502 g/mol. The molecule has 7 heteroatoms. The maximum absolute atomic E-state index is 11.7. The fourth-order valence-corrected chi connectivity index (χ4v) is 2.56. The first kappa shape index (κ1) is 24.5. The lowest BCUT2D eigenvalue weighted by molar-refractivity contribution is -0.122. The number of aliphatic imine (C=N–C) groups is 1. The summed E-state index contributed by atoms with van der Waals surface area (Å²) in [5.74, 6) is 2.07. The van der Waals surface area contributed by atoms with Crippen LogP contribution in [-0.4, -0.2) is 37.6 Å². The number of guanidine groups is 1. The summed E-state index contributed by atoms with van der Waals surface area (Å²) in [6, 6.07) is 6.24. The van der Waals surface area contributed by atoms with Crippen molar-refractivity contribution in [3.05, 3.63) is 29.3 Å². The van der Waals surface area contributed by atoms with Crippen LogP contribution >= 0.6 is 24.0 Å². The van der Waals surface area contributed by atoms with E-state index in [0.29, 0.717) is 19.6 Å². The molecule has 1 saturated carbocycles. The van der Waals surface area contributed by atoms with Gasteiger partial charge in [-0.2, -0.15) is 0 Å². The molecule has 0 spiro atoms. The number of nitrogens with zero attached hydrogens (tertiary/aromatic N) is 1. The van der Waals surface area contributed by atoms with Crippen LogP contribution in [0.25, 0.3) is 0 Å². The molecule has 0 saturated heterocycles. The molecular formula is C21H35IN4O2. The Balaban J connectivity index is 0.00000392. The molecule has 1 atom stereocenters. The second-order valence-electron chi connectivity index (χ2n) is 7.14. The average molecular weight is 502 g/mol. The predicted molar refractivity (Wildman–Crippen MR) is 126 cm³/mol. The van der Waals surface area contributed by atoms with Gasteiger partial charge in [-0.25, -0.2) is 4.99 Å². The summed E-state index contributed by atoms with van der Waals surface area (Å²) in [6.45, 7) is 10.9. The van der Waals surface area contributed by atoms with E-state index in [1.807, 2.05) is 6.92 Å². The van der Waals surface area contributed by atoms with Gasteiger partial charge in [0.25, 0.3) is 0 Å².